The fraction of sp³-hybridized carbons (Fsp3) is 0.650. The van der Waals surface area contributed by atoms with Gasteiger partial charge in [-0.1, -0.05) is 24.3 Å². The highest BCUT2D eigenvalue weighted by Crippen LogP contribution is 2.68. The molecule has 10 aliphatic rings. The van der Waals surface area contributed by atoms with Gasteiger partial charge in [-0.2, -0.15) is 0 Å². The Morgan fingerprint density at radius 1 is 0.522 bits per heavy atom. The molecule has 0 radical (unpaired) electrons. The molecule has 0 aromatic heterocycles. The van der Waals surface area contributed by atoms with Gasteiger partial charge in [0.15, 0.2) is 23.0 Å². The lowest BCUT2D eigenvalue weighted by Crippen LogP contribution is -2.52. The minimum atomic E-state index is 0.171. The molecule has 2 aromatic rings. The second-order valence-corrected chi connectivity index (χ2v) is 16.6. The summed E-state index contributed by atoms with van der Waals surface area (Å²) >= 11 is 0. The molecular formula is C40H48O6. The molecule has 8 bridgehead atoms. The number of hydrogen-bond acceptors (Lipinski definition) is 6. The Morgan fingerprint density at radius 3 is 1.39 bits per heavy atom. The van der Waals surface area contributed by atoms with Gasteiger partial charge in [-0.05, 0) is 129 Å². The summed E-state index contributed by atoms with van der Waals surface area (Å²) < 4.78 is 36.2. The largest absolute Gasteiger partial charge is 0.487 e. The molecule has 0 amide bonds. The number of benzene rings is 2. The number of fused-ring (bicyclic) bond motifs is 1. The van der Waals surface area contributed by atoms with Crippen molar-refractivity contribution < 1.29 is 28.4 Å². The molecular weight excluding hydrogens is 576 g/mol. The summed E-state index contributed by atoms with van der Waals surface area (Å²) in [4.78, 5) is 0. The molecule has 0 saturated heterocycles. The van der Waals surface area contributed by atoms with Gasteiger partial charge in [0.25, 0.3) is 0 Å². The summed E-state index contributed by atoms with van der Waals surface area (Å²) in [5, 5.41) is 2.64. The highest BCUT2D eigenvalue weighted by Gasteiger charge is 2.58. The molecule has 6 nitrogen and oxygen atoms in total. The predicted octanol–water partition coefficient (Wildman–Crippen LogP) is 8.31. The van der Waals surface area contributed by atoms with Gasteiger partial charge in [-0.15, -0.1) is 0 Å². The van der Waals surface area contributed by atoms with E-state index in [0.29, 0.717) is 39.6 Å². The predicted molar refractivity (Wildman–Crippen MR) is 175 cm³/mol. The van der Waals surface area contributed by atoms with Crippen LogP contribution >= 0.6 is 0 Å². The molecule has 12 rings (SSSR count). The summed E-state index contributed by atoms with van der Waals surface area (Å²) in [6, 6.07) is 9.19. The monoisotopic (exact) mass is 624 g/mol. The third kappa shape index (κ3) is 4.96. The van der Waals surface area contributed by atoms with Crippen molar-refractivity contribution in [1.82, 2.24) is 0 Å². The fourth-order valence-electron chi connectivity index (χ4n) is 12.5. The summed E-state index contributed by atoms with van der Waals surface area (Å²) in [6.07, 6.45) is 20.2. The first kappa shape index (κ1) is 28.3. The first-order valence-electron chi connectivity index (χ1n) is 18.4. The Hall–Kier alpha value is -2.70. The molecule has 46 heavy (non-hydrogen) atoms. The fourth-order valence-corrected chi connectivity index (χ4v) is 12.5. The van der Waals surface area contributed by atoms with E-state index in [1.165, 1.54) is 87.8 Å². The molecule has 8 fully saturated rings. The molecule has 2 heterocycles. The van der Waals surface area contributed by atoms with Gasteiger partial charge in [-0.25, -0.2) is 0 Å². The quantitative estimate of drug-likeness (QED) is 0.197. The Balaban J connectivity index is 1.12. The van der Waals surface area contributed by atoms with E-state index in [1.54, 1.807) is 23.7 Å². The zero-order valence-electron chi connectivity index (χ0n) is 27.1. The molecule has 0 spiro atoms. The van der Waals surface area contributed by atoms with Crippen molar-refractivity contribution in [1.29, 1.82) is 0 Å². The van der Waals surface area contributed by atoms with E-state index in [0.717, 1.165) is 58.5 Å². The summed E-state index contributed by atoms with van der Waals surface area (Å²) in [5.41, 5.74) is 3.66. The topological polar surface area (TPSA) is 62.0 Å². The Labute approximate surface area is 272 Å². The van der Waals surface area contributed by atoms with Gasteiger partial charge in [0.05, 0.1) is 13.2 Å². The minimum Gasteiger partial charge on any atom is -0.487 e. The van der Waals surface area contributed by atoms with Crippen molar-refractivity contribution in [3.8, 4) is 11.5 Å². The molecule has 2 aliphatic heterocycles. The van der Waals surface area contributed by atoms with Crippen molar-refractivity contribution in [2.24, 2.45) is 35.5 Å². The van der Waals surface area contributed by atoms with Crippen molar-refractivity contribution in [2.45, 2.75) is 87.9 Å². The van der Waals surface area contributed by atoms with Crippen LogP contribution in [0.3, 0.4) is 0 Å². The lowest BCUT2D eigenvalue weighted by molar-refractivity contribution is -0.0182. The highest BCUT2D eigenvalue weighted by atomic mass is 16.6. The first-order valence-corrected chi connectivity index (χ1v) is 18.4. The van der Waals surface area contributed by atoms with Crippen LogP contribution in [0.1, 0.15) is 88.2 Å². The number of rotatable bonds is 14. The van der Waals surface area contributed by atoms with Crippen LogP contribution in [0.15, 0.2) is 48.3 Å². The van der Waals surface area contributed by atoms with Crippen LogP contribution in [0.2, 0.25) is 0 Å². The van der Waals surface area contributed by atoms with Crippen LogP contribution in [0.4, 0.5) is 0 Å². The maximum atomic E-state index is 7.10. The molecule has 0 unspecified atom stereocenters. The summed E-state index contributed by atoms with van der Waals surface area (Å²) in [7, 11) is 0. The van der Waals surface area contributed by atoms with Crippen molar-refractivity contribution in [2.75, 3.05) is 39.6 Å². The standard InChI is InChI=1S/C40H48O6/c1-2-4-34-33(3-1)35(39-15-25-9-26(16-39)11-27(10-25)17-39)36(40-18-28-12-29(19-40)14-30(13-28)20-40)38(44-8-6-42-22-32-24-46-32)37(34)43-7-5-41-21-31-23-45-31/h1-4,23-30H,5-22H2. The molecule has 8 aliphatic carbocycles. The van der Waals surface area contributed by atoms with Gasteiger partial charge < -0.3 is 28.4 Å². The van der Waals surface area contributed by atoms with Crippen molar-refractivity contribution in [3.05, 3.63) is 59.4 Å². The maximum absolute atomic E-state index is 7.10. The molecule has 244 valence electrons. The first-order chi connectivity index (χ1) is 22.6. The van der Waals surface area contributed by atoms with Gasteiger partial charge >= 0.3 is 0 Å². The van der Waals surface area contributed by atoms with Crippen LogP contribution in [0.5, 0.6) is 11.5 Å². The van der Waals surface area contributed by atoms with Crippen LogP contribution in [0, 0.1) is 35.5 Å². The van der Waals surface area contributed by atoms with Gasteiger partial charge in [0.2, 0.25) is 0 Å². The van der Waals surface area contributed by atoms with E-state index >= 15 is 0 Å². The van der Waals surface area contributed by atoms with Gasteiger partial charge in [-0.3, -0.25) is 0 Å². The lowest BCUT2D eigenvalue weighted by atomic mass is 9.43. The van der Waals surface area contributed by atoms with Crippen LogP contribution in [0.25, 0.3) is 10.8 Å². The van der Waals surface area contributed by atoms with Crippen molar-refractivity contribution in [3.63, 3.8) is 0 Å². The smallest absolute Gasteiger partial charge is 0.169 e. The summed E-state index contributed by atoms with van der Waals surface area (Å²) in [5.74, 6) is 8.97. The number of hydrogen-bond donors (Lipinski definition) is 0. The highest BCUT2D eigenvalue weighted by molar-refractivity contribution is 5.96. The second-order valence-electron chi connectivity index (χ2n) is 16.6. The van der Waals surface area contributed by atoms with E-state index in [2.05, 4.69) is 24.3 Å². The molecule has 2 aromatic carbocycles. The summed E-state index contributed by atoms with van der Waals surface area (Å²) in [6.45, 7) is 3.04. The zero-order valence-corrected chi connectivity index (χ0v) is 27.1. The average molecular weight is 625 g/mol. The van der Waals surface area contributed by atoms with Gasteiger partial charge in [0, 0.05) is 16.4 Å². The Kier molecular flexibility index (Phi) is 6.72. The second kappa shape index (κ2) is 10.9. The third-order valence-corrected chi connectivity index (χ3v) is 13.3. The Morgan fingerprint density at radius 2 is 0.935 bits per heavy atom. The van der Waals surface area contributed by atoms with E-state index in [-0.39, 0.29) is 10.8 Å². The van der Waals surface area contributed by atoms with E-state index in [4.69, 9.17) is 28.4 Å². The van der Waals surface area contributed by atoms with E-state index in [9.17, 15) is 0 Å². The minimum absolute atomic E-state index is 0.171. The average Bonchev–Trinajstić information content (AvgIpc) is 3.96. The van der Waals surface area contributed by atoms with E-state index in [1.807, 2.05) is 0 Å². The SMILES string of the molecule is C1=C(COCCOc2c(C34CC5CC(CC(C5)C3)C4)c(C34CC5CC(CC(C5)C3)C4)c3ccccc3c2OCCOCC2=CO2)O1. The third-order valence-electron chi connectivity index (χ3n) is 13.3. The molecule has 8 saturated carbocycles. The van der Waals surface area contributed by atoms with Crippen LogP contribution < -0.4 is 9.47 Å². The lowest BCUT2D eigenvalue weighted by Gasteiger charge is -2.61. The van der Waals surface area contributed by atoms with Crippen LogP contribution in [-0.2, 0) is 29.8 Å². The molecule has 6 heteroatoms. The number of ether oxygens (including phenoxy) is 6. The molecule has 0 N–H and O–H groups in total. The molecule has 0 atom stereocenters. The van der Waals surface area contributed by atoms with Crippen molar-refractivity contribution >= 4 is 10.8 Å². The Bertz CT molecular complexity index is 1520. The van der Waals surface area contributed by atoms with E-state index < -0.39 is 0 Å². The maximum Gasteiger partial charge on any atom is 0.169 e. The van der Waals surface area contributed by atoms with Crippen LogP contribution in [-0.4, -0.2) is 39.6 Å². The van der Waals surface area contributed by atoms with Gasteiger partial charge in [0.1, 0.15) is 39.0 Å². The normalized spacial score (nSPS) is 37.1. The zero-order chi connectivity index (χ0) is 30.3.